The molecule has 6 nitrogen and oxygen atoms in total. The summed E-state index contributed by atoms with van der Waals surface area (Å²) >= 11 is 0. The van der Waals surface area contributed by atoms with Crippen molar-refractivity contribution < 1.29 is 14.3 Å². The van der Waals surface area contributed by atoms with Crippen LogP contribution in [0.3, 0.4) is 0 Å². The zero-order chi connectivity index (χ0) is 18.2. The number of nitrogens with zero attached hydrogens (tertiary/aromatic N) is 1. The number of hydrogen-bond acceptors (Lipinski definition) is 4. The van der Waals surface area contributed by atoms with Gasteiger partial charge in [0, 0.05) is 25.2 Å². The molecule has 1 unspecified atom stereocenters. The Morgan fingerprint density at radius 3 is 2.50 bits per heavy atom. The molecule has 0 aliphatic carbocycles. The van der Waals surface area contributed by atoms with E-state index in [1.54, 1.807) is 24.3 Å². The minimum Gasteiger partial charge on any atom is -0.494 e. The quantitative estimate of drug-likeness (QED) is 0.789. The minimum atomic E-state index is -0.517. The average molecular weight is 384 g/mol. The van der Waals surface area contributed by atoms with Gasteiger partial charge in [0.1, 0.15) is 11.8 Å². The summed E-state index contributed by atoms with van der Waals surface area (Å²) in [5, 5.41) is 6.20. The molecule has 1 saturated heterocycles. The third kappa shape index (κ3) is 6.18. The number of rotatable bonds is 6. The van der Waals surface area contributed by atoms with E-state index in [-0.39, 0.29) is 30.1 Å². The lowest BCUT2D eigenvalue weighted by molar-refractivity contribution is -0.134. The van der Waals surface area contributed by atoms with Crippen LogP contribution in [-0.4, -0.2) is 55.5 Å². The summed E-state index contributed by atoms with van der Waals surface area (Å²) in [6, 6.07) is 6.46. The van der Waals surface area contributed by atoms with Gasteiger partial charge < -0.3 is 20.3 Å². The van der Waals surface area contributed by atoms with Crippen LogP contribution in [0.4, 0.5) is 0 Å². The van der Waals surface area contributed by atoms with E-state index in [1.807, 2.05) is 25.7 Å². The summed E-state index contributed by atoms with van der Waals surface area (Å²) in [6.07, 6.45) is 0.934. The third-order valence-electron chi connectivity index (χ3n) is 4.30. The number of carbonyl (C=O) groups excluding carboxylic acids is 2. The highest BCUT2D eigenvalue weighted by Gasteiger charge is 2.29. The summed E-state index contributed by atoms with van der Waals surface area (Å²) < 4.78 is 5.39. The Labute approximate surface area is 162 Å². The Kier molecular flexibility index (Phi) is 9.44. The molecule has 1 heterocycles. The molecule has 0 spiro atoms. The normalized spacial score (nSPS) is 15.6. The summed E-state index contributed by atoms with van der Waals surface area (Å²) in [4.78, 5) is 27.3. The summed E-state index contributed by atoms with van der Waals surface area (Å²) in [7, 11) is 0. The maximum Gasteiger partial charge on any atom is 0.251 e. The third-order valence-corrected chi connectivity index (χ3v) is 4.30. The zero-order valence-electron chi connectivity index (χ0n) is 15.8. The average Bonchev–Trinajstić information content (AvgIpc) is 2.89. The molecule has 2 amide bonds. The molecule has 0 aromatic heterocycles. The van der Waals surface area contributed by atoms with Crippen LogP contribution in [0.15, 0.2) is 24.3 Å². The first-order valence-corrected chi connectivity index (χ1v) is 9.06. The van der Waals surface area contributed by atoms with Crippen molar-refractivity contribution in [2.75, 3.05) is 32.8 Å². The predicted molar refractivity (Wildman–Crippen MR) is 105 cm³/mol. The number of benzene rings is 1. The molecule has 1 aliphatic heterocycles. The molecule has 2 N–H and O–H groups in total. The molecule has 146 valence electrons. The van der Waals surface area contributed by atoms with Crippen LogP contribution in [0.2, 0.25) is 0 Å². The van der Waals surface area contributed by atoms with Gasteiger partial charge >= 0.3 is 0 Å². The number of carbonyl (C=O) groups is 2. The SMILES string of the molecule is CCOc1ccc(C(=O)NC(C(=O)N2CCCNCC2)C(C)C)cc1.Cl. The highest BCUT2D eigenvalue weighted by atomic mass is 35.5. The number of nitrogens with one attached hydrogen (secondary N) is 2. The Morgan fingerprint density at radius 1 is 1.19 bits per heavy atom. The molecule has 1 aromatic carbocycles. The van der Waals surface area contributed by atoms with Crippen molar-refractivity contribution in [3.63, 3.8) is 0 Å². The van der Waals surface area contributed by atoms with Crippen LogP contribution in [0.5, 0.6) is 5.75 Å². The van der Waals surface area contributed by atoms with E-state index < -0.39 is 6.04 Å². The van der Waals surface area contributed by atoms with Crippen molar-refractivity contribution in [2.45, 2.75) is 33.2 Å². The largest absolute Gasteiger partial charge is 0.494 e. The van der Waals surface area contributed by atoms with Crippen molar-refractivity contribution in [2.24, 2.45) is 5.92 Å². The van der Waals surface area contributed by atoms with Crippen LogP contribution < -0.4 is 15.4 Å². The Morgan fingerprint density at radius 2 is 1.88 bits per heavy atom. The van der Waals surface area contributed by atoms with E-state index in [0.29, 0.717) is 18.7 Å². The summed E-state index contributed by atoms with van der Waals surface area (Å²) in [5.41, 5.74) is 0.527. The molecule has 2 rings (SSSR count). The van der Waals surface area contributed by atoms with Crippen molar-refractivity contribution in [1.29, 1.82) is 0 Å². The highest BCUT2D eigenvalue weighted by Crippen LogP contribution is 2.14. The monoisotopic (exact) mass is 383 g/mol. The lowest BCUT2D eigenvalue weighted by Gasteiger charge is -2.28. The second-order valence-corrected chi connectivity index (χ2v) is 6.58. The van der Waals surface area contributed by atoms with Crippen molar-refractivity contribution >= 4 is 24.2 Å². The Balaban J connectivity index is 0.00000338. The van der Waals surface area contributed by atoms with E-state index in [0.717, 1.165) is 31.8 Å². The van der Waals surface area contributed by atoms with E-state index in [4.69, 9.17) is 4.74 Å². The number of ether oxygens (including phenoxy) is 1. The second kappa shape index (κ2) is 11.0. The van der Waals surface area contributed by atoms with Gasteiger partial charge in [-0.2, -0.15) is 0 Å². The van der Waals surface area contributed by atoms with Crippen molar-refractivity contribution in [3.05, 3.63) is 29.8 Å². The van der Waals surface area contributed by atoms with Crippen molar-refractivity contribution in [1.82, 2.24) is 15.5 Å². The summed E-state index contributed by atoms with van der Waals surface area (Å²) in [6.45, 7) is 9.54. The molecule has 1 atom stereocenters. The van der Waals surface area contributed by atoms with Gasteiger partial charge in [0.05, 0.1) is 6.61 Å². The van der Waals surface area contributed by atoms with Gasteiger partial charge in [-0.1, -0.05) is 13.8 Å². The van der Waals surface area contributed by atoms with Crippen LogP contribution in [0.1, 0.15) is 37.6 Å². The second-order valence-electron chi connectivity index (χ2n) is 6.58. The molecule has 1 fully saturated rings. The van der Waals surface area contributed by atoms with Crippen LogP contribution in [0.25, 0.3) is 0 Å². The fraction of sp³-hybridized carbons (Fsp3) is 0.579. The standard InChI is InChI=1S/C19H29N3O3.ClH/c1-4-25-16-8-6-15(7-9-16)18(23)21-17(14(2)3)19(24)22-12-5-10-20-11-13-22;/h6-9,14,17,20H,4-5,10-13H2,1-3H3,(H,21,23);1H. The van der Waals surface area contributed by atoms with Gasteiger partial charge in [0.25, 0.3) is 5.91 Å². The predicted octanol–water partition coefficient (Wildman–Crippen LogP) is 2.08. The van der Waals surface area contributed by atoms with E-state index >= 15 is 0 Å². The summed E-state index contributed by atoms with van der Waals surface area (Å²) in [5.74, 6) is 0.518. The van der Waals surface area contributed by atoms with Crippen molar-refractivity contribution in [3.8, 4) is 5.75 Å². The molecule has 1 aliphatic rings. The molecule has 0 radical (unpaired) electrons. The molecule has 0 bridgehead atoms. The lowest BCUT2D eigenvalue weighted by Crippen LogP contribution is -2.52. The van der Waals surface area contributed by atoms with Gasteiger partial charge in [-0.05, 0) is 50.1 Å². The lowest BCUT2D eigenvalue weighted by atomic mass is 10.0. The number of amides is 2. The van der Waals surface area contributed by atoms with E-state index in [1.165, 1.54) is 0 Å². The van der Waals surface area contributed by atoms with E-state index in [9.17, 15) is 9.59 Å². The maximum absolute atomic E-state index is 12.9. The fourth-order valence-electron chi connectivity index (χ4n) is 2.87. The molecule has 7 heteroatoms. The van der Waals surface area contributed by atoms with Gasteiger partial charge in [0.2, 0.25) is 5.91 Å². The topological polar surface area (TPSA) is 70.7 Å². The van der Waals surface area contributed by atoms with Gasteiger partial charge in [-0.25, -0.2) is 0 Å². The fourth-order valence-corrected chi connectivity index (χ4v) is 2.87. The first kappa shape index (κ1) is 22.3. The minimum absolute atomic E-state index is 0. The highest BCUT2D eigenvalue weighted by molar-refractivity contribution is 5.97. The molecular weight excluding hydrogens is 354 g/mol. The van der Waals surface area contributed by atoms with Gasteiger partial charge in [-0.3, -0.25) is 9.59 Å². The zero-order valence-corrected chi connectivity index (χ0v) is 16.6. The van der Waals surface area contributed by atoms with Gasteiger partial charge in [0.15, 0.2) is 0 Å². The van der Waals surface area contributed by atoms with Crippen LogP contribution in [-0.2, 0) is 4.79 Å². The number of hydrogen-bond donors (Lipinski definition) is 2. The maximum atomic E-state index is 12.9. The molecular formula is C19H30ClN3O3. The molecule has 1 aromatic rings. The first-order chi connectivity index (χ1) is 12.0. The van der Waals surface area contributed by atoms with Crippen LogP contribution in [0, 0.1) is 5.92 Å². The molecule has 26 heavy (non-hydrogen) atoms. The smallest absolute Gasteiger partial charge is 0.251 e. The Hall–Kier alpha value is -1.79. The first-order valence-electron chi connectivity index (χ1n) is 9.06. The Bertz CT molecular complexity index is 570. The van der Waals surface area contributed by atoms with Gasteiger partial charge in [-0.15, -0.1) is 12.4 Å². The number of halogens is 1. The molecule has 0 saturated carbocycles. The van der Waals surface area contributed by atoms with E-state index in [2.05, 4.69) is 10.6 Å². The van der Waals surface area contributed by atoms with Crippen LogP contribution >= 0.6 is 12.4 Å².